The van der Waals surface area contributed by atoms with Gasteiger partial charge >= 0.3 is 0 Å². The van der Waals surface area contributed by atoms with Crippen LogP contribution in [0.15, 0.2) is 28.4 Å². The van der Waals surface area contributed by atoms with Gasteiger partial charge in [0.1, 0.15) is 10.7 Å². The van der Waals surface area contributed by atoms with Crippen LogP contribution >= 0.6 is 23.1 Å². The summed E-state index contributed by atoms with van der Waals surface area (Å²) in [4.78, 5) is 31.0. The molecule has 124 valence electrons. The highest BCUT2D eigenvalue weighted by molar-refractivity contribution is 7.99. The van der Waals surface area contributed by atoms with Crippen molar-refractivity contribution >= 4 is 33.3 Å². The maximum absolute atomic E-state index is 12.6. The zero-order valence-corrected chi connectivity index (χ0v) is 15.2. The van der Waals surface area contributed by atoms with Gasteiger partial charge in [-0.1, -0.05) is 18.7 Å². The van der Waals surface area contributed by atoms with E-state index in [-0.39, 0.29) is 10.8 Å². The predicted octanol–water partition coefficient (Wildman–Crippen LogP) is 3.75. The second-order valence-electron chi connectivity index (χ2n) is 6.27. The van der Waals surface area contributed by atoms with Gasteiger partial charge in [0, 0.05) is 17.3 Å². The Balaban J connectivity index is 1.71. The SMILES string of the molecule is CC1CCc2c(sc3nc(C(C)Sc4ncccn4)[nH]c(=O)c23)C1. The third-order valence-electron chi connectivity index (χ3n) is 4.39. The fourth-order valence-electron chi connectivity index (χ4n) is 3.12. The molecule has 0 saturated carbocycles. The lowest BCUT2D eigenvalue weighted by atomic mass is 9.89. The van der Waals surface area contributed by atoms with E-state index >= 15 is 0 Å². The van der Waals surface area contributed by atoms with Crippen molar-refractivity contribution in [2.45, 2.75) is 43.5 Å². The van der Waals surface area contributed by atoms with Gasteiger partial charge in [-0.05, 0) is 43.7 Å². The van der Waals surface area contributed by atoms with E-state index in [1.165, 1.54) is 22.2 Å². The largest absolute Gasteiger partial charge is 0.309 e. The maximum Gasteiger partial charge on any atom is 0.259 e. The van der Waals surface area contributed by atoms with Crippen molar-refractivity contribution in [1.82, 2.24) is 19.9 Å². The first-order valence-electron chi connectivity index (χ1n) is 8.10. The molecule has 7 heteroatoms. The predicted molar refractivity (Wildman–Crippen MR) is 97.7 cm³/mol. The molecule has 0 fully saturated rings. The van der Waals surface area contributed by atoms with Gasteiger partial charge in [0.25, 0.3) is 5.56 Å². The van der Waals surface area contributed by atoms with Gasteiger partial charge in [-0.15, -0.1) is 11.3 Å². The molecule has 3 aromatic rings. The quantitative estimate of drug-likeness (QED) is 0.570. The first-order chi connectivity index (χ1) is 11.6. The third kappa shape index (κ3) is 2.86. The van der Waals surface area contributed by atoms with E-state index in [1.807, 2.05) is 6.92 Å². The summed E-state index contributed by atoms with van der Waals surface area (Å²) in [6.07, 6.45) is 6.64. The van der Waals surface area contributed by atoms with Crippen molar-refractivity contribution in [1.29, 1.82) is 0 Å². The average Bonchev–Trinajstić information content (AvgIpc) is 2.93. The molecule has 1 aliphatic rings. The Morgan fingerprint density at radius 1 is 1.38 bits per heavy atom. The summed E-state index contributed by atoms with van der Waals surface area (Å²) in [5, 5.41) is 1.48. The lowest BCUT2D eigenvalue weighted by Gasteiger charge is -2.17. The second kappa shape index (κ2) is 6.29. The number of rotatable bonds is 3. The van der Waals surface area contributed by atoms with E-state index in [1.54, 1.807) is 29.8 Å². The topological polar surface area (TPSA) is 71.5 Å². The Morgan fingerprint density at radius 3 is 2.96 bits per heavy atom. The Labute approximate surface area is 148 Å². The zero-order valence-electron chi connectivity index (χ0n) is 13.6. The van der Waals surface area contributed by atoms with E-state index in [0.29, 0.717) is 16.9 Å². The van der Waals surface area contributed by atoms with Crippen LogP contribution in [-0.2, 0) is 12.8 Å². The van der Waals surface area contributed by atoms with Crippen molar-refractivity contribution in [3.8, 4) is 0 Å². The van der Waals surface area contributed by atoms with Gasteiger partial charge in [0.05, 0.1) is 10.6 Å². The van der Waals surface area contributed by atoms with Crippen LogP contribution in [0.1, 0.15) is 41.8 Å². The van der Waals surface area contributed by atoms with Crippen molar-refractivity contribution in [3.63, 3.8) is 0 Å². The summed E-state index contributed by atoms with van der Waals surface area (Å²) in [5.74, 6) is 1.38. The minimum atomic E-state index is -0.0115. The van der Waals surface area contributed by atoms with Crippen LogP contribution in [0.5, 0.6) is 0 Å². The highest BCUT2D eigenvalue weighted by Gasteiger charge is 2.24. The molecule has 5 nitrogen and oxygen atoms in total. The summed E-state index contributed by atoms with van der Waals surface area (Å²) in [5.41, 5.74) is 1.21. The van der Waals surface area contributed by atoms with Crippen LogP contribution in [0.2, 0.25) is 0 Å². The number of nitrogens with zero attached hydrogens (tertiary/aromatic N) is 3. The lowest BCUT2D eigenvalue weighted by molar-refractivity contribution is 0.509. The number of aromatic nitrogens is 4. The van der Waals surface area contributed by atoms with E-state index in [9.17, 15) is 4.79 Å². The van der Waals surface area contributed by atoms with Crippen LogP contribution in [0, 0.1) is 5.92 Å². The molecular formula is C17H18N4OS2. The molecule has 24 heavy (non-hydrogen) atoms. The molecule has 0 aliphatic heterocycles. The molecule has 2 unspecified atom stereocenters. The number of aryl methyl sites for hydroxylation is 1. The third-order valence-corrected chi connectivity index (χ3v) is 6.54. The van der Waals surface area contributed by atoms with Crippen molar-refractivity contribution in [2.75, 3.05) is 0 Å². The summed E-state index contributed by atoms with van der Waals surface area (Å²) < 4.78 is 0. The number of H-pyrrole nitrogens is 1. The van der Waals surface area contributed by atoms with E-state index in [0.717, 1.165) is 29.5 Å². The second-order valence-corrected chi connectivity index (χ2v) is 8.67. The Bertz CT molecular complexity index is 935. The number of hydrogen-bond donors (Lipinski definition) is 1. The van der Waals surface area contributed by atoms with Gasteiger partial charge in [0.2, 0.25) is 0 Å². The minimum Gasteiger partial charge on any atom is -0.309 e. The fourth-order valence-corrected chi connectivity index (χ4v) is 5.29. The number of nitrogens with one attached hydrogen (secondary N) is 1. The molecule has 2 atom stereocenters. The first-order valence-corrected chi connectivity index (χ1v) is 9.79. The van der Waals surface area contributed by atoms with E-state index in [2.05, 4.69) is 21.9 Å². The molecule has 0 spiro atoms. The number of thioether (sulfide) groups is 1. The average molecular weight is 358 g/mol. The van der Waals surface area contributed by atoms with Crippen LogP contribution in [0.3, 0.4) is 0 Å². The van der Waals surface area contributed by atoms with Crippen LogP contribution in [-0.4, -0.2) is 19.9 Å². The Kier molecular flexibility index (Phi) is 4.14. The summed E-state index contributed by atoms with van der Waals surface area (Å²) >= 11 is 3.18. The molecule has 0 radical (unpaired) electrons. The highest BCUT2D eigenvalue weighted by Crippen LogP contribution is 2.37. The first kappa shape index (κ1) is 15.8. The van der Waals surface area contributed by atoms with Crippen molar-refractivity contribution in [3.05, 3.63) is 45.1 Å². The normalized spacial score (nSPS) is 18.5. The molecule has 1 N–H and O–H groups in total. The fraction of sp³-hybridized carbons (Fsp3) is 0.412. The Morgan fingerprint density at radius 2 is 2.17 bits per heavy atom. The smallest absolute Gasteiger partial charge is 0.259 e. The molecule has 1 aliphatic carbocycles. The minimum absolute atomic E-state index is 0.0107. The molecule has 0 bridgehead atoms. The standard InChI is InChI=1S/C17H18N4OS2/c1-9-4-5-11-12(8-9)24-16-13(11)15(22)20-14(21-16)10(2)23-17-18-6-3-7-19-17/h3,6-7,9-10H,4-5,8H2,1-2H3,(H,20,21,22). The number of thiophene rings is 1. The number of fused-ring (bicyclic) bond motifs is 3. The summed E-state index contributed by atoms with van der Waals surface area (Å²) in [7, 11) is 0. The van der Waals surface area contributed by atoms with Crippen LogP contribution in [0.25, 0.3) is 10.2 Å². The zero-order chi connectivity index (χ0) is 16.7. The lowest BCUT2D eigenvalue weighted by Crippen LogP contribution is -2.15. The summed E-state index contributed by atoms with van der Waals surface area (Å²) in [6, 6.07) is 1.79. The molecule has 4 rings (SSSR count). The Hall–Kier alpha value is -1.73. The van der Waals surface area contributed by atoms with E-state index in [4.69, 9.17) is 4.98 Å². The van der Waals surface area contributed by atoms with Gasteiger partial charge in [-0.3, -0.25) is 4.79 Å². The number of aromatic amines is 1. The van der Waals surface area contributed by atoms with Gasteiger partial charge in [-0.25, -0.2) is 15.0 Å². The van der Waals surface area contributed by atoms with E-state index < -0.39 is 0 Å². The van der Waals surface area contributed by atoms with Crippen molar-refractivity contribution in [2.24, 2.45) is 5.92 Å². The molecule has 0 amide bonds. The molecule has 3 aromatic heterocycles. The van der Waals surface area contributed by atoms with Crippen molar-refractivity contribution < 1.29 is 0 Å². The highest BCUT2D eigenvalue weighted by atomic mass is 32.2. The van der Waals surface area contributed by atoms with Crippen LogP contribution < -0.4 is 5.56 Å². The molecule has 0 saturated heterocycles. The van der Waals surface area contributed by atoms with Crippen LogP contribution in [0.4, 0.5) is 0 Å². The van der Waals surface area contributed by atoms with Gasteiger partial charge < -0.3 is 4.98 Å². The summed E-state index contributed by atoms with van der Waals surface area (Å²) in [6.45, 7) is 4.29. The van der Waals surface area contributed by atoms with Gasteiger partial charge in [0.15, 0.2) is 5.16 Å². The monoisotopic (exact) mass is 358 g/mol. The molecule has 3 heterocycles. The van der Waals surface area contributed by atoms with Gasteiger partial charge in [-0.2, -0.15) is 0 Å². The maximum atomic E-state index is 12.6. The molecule has 0 aromatic carbocycles. The molecular weight excluding hydrogens is 340 g/mol. The number of hydrogen-bond acceptors (Lipinski definition) is 6.